The van der Waals surface area contributed by atoms with E-state index >= 15 is 0 Å². The van der Waals surface area contributed by atoms with E-state index in [0.29, 0.717) is 0 Å². The van der Waals surface area contributed by atoms with Gasteiger partial charge in [-0.05, 0) is 20.8 Å². The molecular formula is C8H15N3O2S. The molecule has 0 radical (unpaired) electrons. The van der Waals surface area contributed by atoms with E-state index in [0.717, 1.165) is 5.56 Å². The number of hydrogen-bond acceptors (Lipinski definition) is 3. The van der Waals surface area contributed by atoms with Crippen molar-refractivity contribution in [1.29, 1.82) is 0 Å². The van der Waals surface area contributed by atoms with Gasteiger partial charge in [0.1, 0.15) is 0 Å². The first-order valence-corrected chi connectivity index (χ1v) is 5.98. The van der Waals surface area contributed by atoms with Crippen molar-refractivity contribution in [2.24, 2.45) is 0 Å². The van der Waals surface area contributed by atoms with Gasteiger partial charge in [0, 0.05) is 17.8 Å². The lowest BCUT2D eigenvalue weighted by molar-refractivity contribution is 0.558. The van der Waals surface area contributed by atoms with E-state index in [2.05, 4.69) is 14.9 Å². The van der Waals surface area contributed by atoms with Gasteiger partial charge in [0.05, 0.1) is 11.4 Å². The second kappa shape index (κ2) is 4.10. The van der Waals surface area contributed by atoms with Gasteiger partial charge in [-0.3, -0.25) is 5.10 Å². The average molecular weight is 217 g/mol. The van der Waals surface area contributed by atoms with Crippen LogP contribution in [0.4, 0.5) is 0 Å². The van der Waals surface area contributed by atoms with Gasteiger partial charge >= 0.3 is 0 Å². The fraction of sp³-hybridized carbons (Fsp3) is 0.625. The Morgan fingerprint density at radius 2 is 2.07 bits per heavy atom. The predicted molar refractivity (Wildman–Crippen MR) is 54.2 cm³/mol. The van der Waals surface area contributed by atoms with Crippen molar-refractivity contribution in [1.82, 2.24) is 14.9 Å². The van der Waals surface area contributed by atoms with E-state index in [1.54, 1.807) is 33.2 Å². The van der Waals surface area contributed by atoms with Crippen molar-refractivity contribution in [3.63, 3.8) is 0 Å². The molecular weight excluding hydrogens is 202 g/mol. The van der Waals surface area contributed by atoms with Crippen LogP contribution in [0.5, 0.6) is 0 Å². The molecule has 0 aliphatic heterocycles. The van der Waals surface area contributed by atoms with E-state index in [9.17, 15) is 8.42 Å². The van der Waals surface area contributed by atoms with E-state index in [4.69, 9.17) is 0 Å². The van der Waals surface area contributed by atoms with E-state index in [1.807, 2.05) is 0 Å². The number of nitrogens with zero attached hydrogens (tertiary/aromatic N) is 1. The molecule has 5 nitrogen and oxygen atoms in total. The van der Waals surface area contributed by atoms with Crippen molar-refractivity contribution in [2.45, 2.75) is 32.1 Å². The highest BCUT2D eigenvalue weighted by molar-refractivity contribution is 7.90. The van der Waals surface area contributed by atoms with Crippen molar-refractivity contribution < 1.29 is 8.42 Å². The lowest BCUT2D eigenvalue weighted by atomic mass is 10.2. The van der Waals surface area contributed by atoms with Crippen LogP contribution < -0.4 is 4.72 Å². The molecule has 14 heavy (non-hydrogen) atoms. The minimum atomic E-state index is -3.22. The first-order chi connectivity index (χ1) is 6.43. The minimum absolute atomic E-state index is 0.249. The van der Waals surface area contributed by atoms with Gasteiger partial charge in [0.15, 0.2) is 0 Å². The number of sulfonamides is 1. The lowest BCUT2D eigenvalue weighted by Crippen LogP contribution is -2.32. The van der Waals surface area contributed by atoms with Gasteiger partial charge in [-0.25, -0.2) is 13.1 Å². The van der Waals surface area contributed by atoms with Gasteiger partial charge in [-0.2, -0.15) is 5.10 Å². The summed E-state index contributed by atoms with van der Waals surface area (Å²) < 4.78 is 25.6. The molecule has 2 N–H and O–H groups in total. The standard InChI is InChI=1S/C8H15N3O2S/c1-6(2)14(12,13)11-7(3)8-4-9-10-5-8/h4-7,11H,1-3H3,(H,9,10). The summed E-state index contributed by atoms with van der Waals surface area (Å²) in [6.07, 6.45) is 3.28. The molecule has 0 saturated carbocycles. The zero-order chi connectivity index (χ0) is 10.8. The zero-order valence-corrected chi connectivity index (χ0v) is 9.30. The molecule has 0 aliphatic rings. The monoisotopic (exact) mass is 217 g/mol. The number of hydrogen-bond donors (Lipinski definition) is 2. The van der Waals surface area contributed by atoms with Crippen LogP contribution in [0.3, 0.4) is 0 Å². The summed E-state index contributed by atoms with van der Waals surface area (Å²) in [5.41, 5.74) is 0.828. The number of aromatic nitrogens is 2. The maximum Gasteiger partial charge on any atom is 0.214 e. The Kier molecular flexibility index (Phi) is 3.28. The SMILES string of the molecule is CC(NS(=O)(=O)C(C)C)c1cn[nH]c1. The molecule has 0 saturated heterocycles. The highest BCUT2D eigenvalue weighted by atomic mass is 32.2. The highest BCUT2D eigenvalue weighted by Gasteiger charge is 2.19. The molecule has 1 atom stereocenters. The van der Waals surface area contributed by atoms with Crippen LogP contribution in [0.25, 0.3) is 0 Å². The third kappa shape index (κ3) is 2.55. The minimum Gasteiger partial charge on any atom is -0.285 e. The van der Waals surface area contributed by atoms with Crippen LogP contribution in [-0.4, -0.2) is 23.9 Å². The molecule has 1 rings (SSSR count). The molecule has 1 unspecified atom stereocenters. The Balaban J connectivity index is 2.71. The van der Waals surface area contributed by atoms with Gasteiger partial charge in [-0.15, -0.1) is 0 Å². The summed E-state index contributed by atoms with van der Waals surface area (Å²) in [6, 6.07) is -0.249. The molecule has 80 valence electrons. The molecule has 1 heterocycles. The van der Waals surface area contributed by atoms with E-state index in [1.165, 1.54) is 0 Å². The fourth-order valence-electron chi connectivity index (χ4n) is 0.948. The molecule has 0 fully saturated rings. The Bertz CT molecular complexity index is 369. The molecule has 0 aromatic carbocycles. The number of rotatable bonds is 4. The molecule has 1 aromatic heterocycles. The Morgan fingerprint density at radius 3 is 2.50 bits per heavy atom. The maximum absolute atomic E-state index is 11.5. The zero-order valence-electron chi connectivity index (χ0n) is 8.48. The lowest BCUT2D eigenvalue weighted by Gasteiger charge is -2.14. The number of nitrogens with one attached hydrogen (secondary N) is 2. The summed E-state index contributed by atoms with van der Waals surface area (Å²) in [7, 11) is -3.22. The summed E-state index contributed by atoms with van der Waals surface area (Å²) >= 11 is 0. The summed E-state index contributed by atoms with van der Waals surface area (Å²) in [5.74, 6) is 0. The van der Waals surface area contributed by atoms with Gasteiger partial charge in [-0.1, -0.05) is 0 Å². The van der Waals surface area contributed by atoms with Gasteiger partial charge in [0.25, 0.3) is 0 Å². The van der Waals surface area contributed by atoms with Crippen LogP contribution >= 0.6 is 0 Å². The van der Waals surface area contributed by atoms with Crippen LogP contribution in [-0.2, 0) is 10.0 Å². The van der Waals surface area contributed by atoms with E-state index in [-0.39, 0.29) is 6.04 Å². The van der Waals surface area contributed by atoms with Crippen LogP contribution in [0, 0.1) is 0 Å². The Labute approximate surface area is 84.0 Å². The van der Waals surface area contributed by atoms with Crippen molar-refractivity contribution in [3.05, 3.63) is 18.0 Å². The second-order valence-electron chi connectivity index (χ2n) is 3.46. The van der Waals surface area contributed by atoms with E-state index < -0.39 is 15.3 Å². The number of aromatic amines is 1. The normalized spacial score (nSPS) is 14.6. The van der Waals surface area contributed by atoms with Crippen LogP contribution in [0.15, 0.2) is 12.4 Å². The second-order valence-corrected chi connectivity index (χ2v) is 5.73. The molecule has 1 aromatic rings. The first-order valence-electron chi connectivity index (χ1n) is 4.43. The summed E-state index contributed by atoms with van der Waals surface area (Å²) in [6.45, 7) is 5.07. The van der Waals surface area contributed by atoms with Crippen molar-refractivity contribution >= 4 is 10.0 Å². The third-order valence-electron chi connectivity index (χ3n) is 1.98. The smallest absolute Gasteiger partial charge is 0.214 e. The topological polar surface area (TPSA) is 74.8 Å². The van der Waals surface area contributed by atoms with Crippen LogP contribution in [0.1, 0.15) is 32.4 Å². The maximum atomic E-state index is 11.5. The van der Waals surface area contributed by atoms with Crippen molar-refractivity contribution in [2.75, 3.05) is 0 Å². The average Bonchev–Trinajstić information content (AvgIpc) is 2.54. The highest BCUT2D eigenvalue weighted by Crippen LogP contribution is 2.12. The third-order valence-corrected chi connectivity index (χ3v) is 3.90. The predicted octanol–water partition coefficient (Wildman–Crippen LogP) is 0.798. The fourth-order valence-corrected chi connectivity index (χ4v) is 1.85. The van der Waals surface area contributed by atoms with Crippen molar-refractivity contribution in [3.8, 4) is 0 Å². The molecule has 6 heteroatoms. The van der Waals surface area contributed by atoms with Gasteiger partial charge < -0.3 is 0 Å². The molecule has 0 amide bonds. The Morgan fingerprint density at radius 1 is 1.43 bits per heavy atom. The Hall–Kier alpha value is -0.880. The molecule has 0 aliphatic carbocycles. The summed E-state index contributed by atoms with van der Waals surface area (Å²) in [5, 5.41) is 5.98. The molecule has 0 bridgehead atoms. The quantitative estimate of drug-likeness (QED) is 0.783. The summed E-state index contributed by atoms with van der Waals surface area (Å²) in [4.78, 5) is 0. The first kappa shape index (κ1) is 11.2. The largest absolute Gasteiger partial charge is 0.285 e. The van der Waals surface area contributed by atoms with Gasteiger partial charge in [0.2, 0.25) is 10.0 Å². The number of H-pyrrole nitrogens is 1. The molecule has 0 spiro atoms. The van der Waals surface area contributed by atoms with Crippen LogP contribution in [0.2, 0.25) is 0 Å².